The predicted molar refractivity (Wildman–Crippen MR) is 62.0 cm³/mol. The van der Waals surface area contributed by atoms with E-state index in [0.29, 0.717) is 0 Å². The molecule has 14 heavy (non-hydrogen) atoms. The molecule has 0 N–H and O–H groups in total. The minimum Gasteiger partial charge on any atom is -0.245 e. The lowest BCUT2D eigenvalue weighted by atomic mass is 9.93. The normalized spacial score (nSPS) is 22.1. The van der Waals surface area contributed by atoms with Crippen molar-refractivity contribution in [3.05, 3.63) is 15.6 Å². The topological polar surface area (TPSA) is 12.9 Å². The molecule has 1 atom stereocenters. The lowest BCUT2D eigenvalue weighted by Crippen LogP contribution is -2.11. The van der Waals surface area contributed by atoms with E-state index in [-0.39, 0.29) is 5.41 Å². The second-order valence-electron chi connectivity index (χ2n) is 5.49. The van der Waals surface area contributed by atoms with E-state index in [9.17, 15) is 0 Å². The van der Waals surface area contributed by atoms with Crippen molar-refractivity contribution in [2.45, 2.75) is 52.4 Å². The Labute approximate surface area is 90.6 Å². The molecule has 0 aromatic carbocycles. The number of aromatic nitrogens is 1. The third-order valence-electron chi connectivity index (χ3n) is 2.83. The summed E-state index contributed by atoms with van der Waals surface area (Å²) in [5.74, 6) is 0.857. The quantitative estimate of drug-likeness (QED) is 0.636. The van der Waals surface area contributed by atoms with E-state index in [4.69, 9.17) is 4.98 Å². The number of fused-ring (bicyclic) bond motifs is 1. The smallest absolute Gasteiger partial charge is 0.0984 e. The fourth-order valence-electron chi connectivity index (χ4n) is 1.86. The standard InChI is InChI=1S/C12H19NS/c1-8-5-6-9-10(7-8)14-11(13-9)12(2,3)4/h8H,5-7H2,1-4H3. The Balaban J connectivity index is 2.32. The van der Waals surface area contributed by atoms with Gasteiger partial charge in [-0.15, -0.1) is 11.3 Å². The second-order valence-corrected chi connectivity index (χ2v) is 6.57. The molecule has 0 spiro atoms. The molecule has 0 radical (unpaired) electrons. The third-order valence-corrected chi connectivity index (χ3v) is 4.37. The summed E-state index contributed by atoms with van der Waals surface area (Å²) in [4.78, 5) is 6.32. The predicted octanol–water partition coefficient (Wildman–Crippen LogP) is 3.57. The van der Waals surface area contributed by atoms with E-state index in [1.165, 1.54) is 30.0 Å². The van der Waals surface area contributed by atoms with Crippen LogP contribution < -0.4 is 0 Å². The van der Waals surface area contributed by atoms with Crippen molar-refractivity contribution in [2.24, 2.45) is 5.92 Å². The lowest BCUT2D eigenvalue weighted by Gasteiger charge is -2.15. The minimum absolute atomic E-state index is 0.227. The highest BCUT2D eigenvalue weighted by Gasteiger charge is 2.24. The molecule has 1 aromatic rings. The van der Waals surface area contributed by atoms with Crippen LogP contribution in [0.2, 0.25) is 0 Å². The number of aryl methyl sites for hydroxylation is 1. The van der Waals surface area contributed by atoms with Gasteiger partial charge in [0.25, 0.3) is 0 Å². The van der Waals surface area contributed by atoms with Gasteiger partial charge in [-0.05, 0) is 25.2 Å². The number of hydrogen-bond donors (Lipinski definition) is 0. The van der Waals surface area contributed by atoms with Gasteiger partial charge in [-0.2, -0.15) is 0 Å². The van der Waals surface area contributed by atoms with Crippen LogP contribution >= 0.6 is 11.3 Å². The van der Waals surface area contributed by atoms with Crippen molar-refractivity contribution >= 4 is 11.3 Å². The highest BCUT2D eigenvalue weighted by Crippen LogP contribution is 2.34. The Bertz CT molecular complexity index is 333. The summed E-state index contributed by atoms with van der Waals surface area (Å²) in [6.45, 7) is 9.10. The Kier molecular flexibility index (Phi) is 2.42. The first-order chi connectivity index (χ1) is 6.47. The van der Waals surface area contributed by atoms with Crippen molar-refractivity contribution < 1.29 is 0 Å². The molecule has 0 aliphatic heterocycles. The van der Waals surface area contributed by atoms with E-state index in [2.05, 4.69) is 27.7 Å². The van der Waals surface area contributed by atoms with Crippen LogP contribution in [0.4, 0.5) is 0 Å². The van der Waals surface area contributed by atoms with Gasteiger partial charge < -0.3 is 0 Å². The van der Waals surface area contributed by atoms with E-state index < -0.39 is 0 Å². The molecule has 0 saturated carbocycles. The maximum atomic E-state index is 4.77. The fraction of sp³-hybridized carbons (Fsp3) is 0.750. The van der Waals surface area contributed by atoms with Gasteiger partial charge in [0.1, 0.15) is 0 Å². The van der Waals surface area contributed by atoms with Crippen LogP contribution in [0, 0.1) is 5.92 Å². The maximum absolute atomic E-state index is 4.77. The monoisotopic (exact) mass is 209 g/mol. The molecular formula is C12H19NS. The first-order valence-electron chi connectivity index (χ1n) is 5.46. The molecule has 1 aliphatic carbocycles. The zero-order valence-corrected chi connectivity index (χ0v) is 10.4. The summed E-state index contributed by atoms with van der Waals surface area (Å²) in [5, 5.41) is 1.32. The summed E-state index contributed by atoms with van der Waals surface area (Å²) in [6.07, 6.45) is 3.77. The largest absolute Gasteiger partial charge is 0.245 e. The molecule has 0 fully saturated rings. The summed E-state index contributed by atoms with van der Waals surface area (Å²) in [6, 6.07) is 0. The molecule has 78 valence electrons. The molecule has 1 unspecified atom stereocenters. The maximum Gasteiger partial charge on any atom is 0.0984 e. The Morgan fingerprint density at radius 3 is 2.71 bits per heavy atom. The first kappa shape index (κ1) is 10.2. The molecule has 1 nitrogen and oxygen atoms in total. The van der Waals surface area contributed by atoms with Gasteiger partial charge in [0, 0.05) is 10.3 Å². The van der Waals surface area contributed by atoms with E-state index in [0.717, 1.165) is 5.92 Å². The summed E-state index contributed by atoms with van der Waals surface area (Å²) >= 11 is 1.93. The van der Waals surface area contributed by atoms with Crippen molar-refractivity contribution in [3.8, 4) is 0 Å². The number of rotatable bonds is 0. The molecule has 1 heterocycles. The van der Waals surface area contributed by atoms with Gasteiger partial charge in [0.15, 0.2) is 0 Å². The SMILES string of the molecule is CC1CCc2nc(C(C)(C)C)sc2C1. The Hall–Kier alpha value is -0.370. The van der Waals surface area contributed by atoms with Crippen LogP contribution in [0.15, 0.2) is 0 Å². The van der Waals surface area contributed by atoms with Gasteiger partial charge in [0.05, 0.1) is 10.7 Å². The third kappa shape index (κ3) is 1.85. The molecule has 0 bridgehead atoms. The number of hydrogen-bond acceptors (Lipinski definition) is 2. The highest BCUT2D eigenvalue weighted by molar-refractivity contribution is 7.11. The molecule has 0 amide bonds. The minimum atomic E-state index is 0.227. The number of nitrogens with zero attached hydrogens (tertiary/aromatic N) is 1. The van der Waals surface area contributed by atoms with Gasteiger partial charge in [0.2, 0.25) is 0 Å². The summed E-state index contributed by atoms with van der Waals surface area (Å²) in [5.41, 5.74) is 1.61. The molecule has 0 saturated heterocycles. The zero-order valence-electron chi connectivity index (χ0n) is 9.55. The van der Waals surface area contributed by atoms with Crippen molar-refractivity contribution in [3.63, 3.8) is 0 Å². The molecule has 1 aliphatic rings. The van der Waals surface area contributed by atoms with Crippen LogP contribution in [0.3, 0.4) is 0 Å². The van der Waals surface area contributed by atoms with Crippen molar-refractivity contribution in [1.82, 2.24) is 4.98 Å². The molecule has 1 aromatic heterocycles. The van der Waals surface area contributed by atoms with E-state index in [1.807, 2.05) is 11.3 Å². The van der Waals surface area contributed by atoms with E-state index >= 15 is 0 Å². The molecular weight excluding hydrogens is 190 g/mol. The summed E-state index contributed by atoms with van der Waals surface area (Å²) in [7, 11) is 0. The van der Waals surface area contributed by atoms with Gasteiger partial charge in [-0.25, -0.2) is 4.98 Å². The van der Waals surface area contributed by atoms with Crippen molar-refractivity contribution in [2.75, 3.05) is 0 Å². The van der Waals surface area contributed by atoms with Crippen LogP contribution in [-0.2, 0) is 18.3 Å². The second kappa shape index (κ2) is 3.34. The van der Waals surface area contributed by atoms with Gasteiger partial charge in [-0.1, -0.05) is 27.7 Å². The van der Waals surface area contributed by atoms with Crippen LogP contribution in [-0.4, -0.2) is 4.98 Å². The Morgan fingerprint density at radius 2 is 2.07 bits per heavy atom. The van der Waals surface area contributed by atoms with Crippen molar-refractivity contribution in [1.29, 1.82) is 0 Å². The lowest BCUT2D eigenvalue weighted by molar-refractivity contribution is 0.499. The summed E-state index contributed by atoms with van der Waals surface area (Å²) < 4.78 is 0. The average Bonchev–Trinajstić information content (AvgIpc) is 2.45. The van der Waals surface area contributed by atoms with Gasteiger partial charge in [-0.3, -0.25) is 0 Å². The fourth-order valence-corrected chi connectivity index (χ4v) is 3.19. The Morgan fingerprint density at radius 1 is 1.36 bits per heavy atom. The highest BCUT2D eigenvalue weighted by atomic mass is 32.1. The van der Waals surface area contributed by atoms with Crippen LogP contribution in [0.5, 0.6) is 0 Å². The number of thiazole rings is 1. The molecule has 2 heteroatoms. The zero-order chi connectivity index (χ0) is 10.3. The van der Waals surface area contributed by atoms with Gasteiger partial charge >= 0.3 is 0 Å². The average molecular weight is 209 g/mol. The van der Waals surface area contributed by atoms with E-state index in [1.54, 1.807) is 4.88 Å². The first-order valence-corrected chi connectivity index (χ1v) is 6.27. The van der Waals surface area contributed by atoms with Crippen LogP contribution in [0.1, 0.15) is 49.7 Å². The molecule has 2 rings (SSSR count). The van der Waals surface area contributed by atoms with Crippen LogP contribution in [0.25, 0.3) is 0 Å².